The minimum absolute atomic E-state index is 0.649. The molecular formula is C13H14Cl3N3S. The van der Waals surface area contributed by atoms with Gasteiger partial charge in [-0.2, -0.15) is 0 Å². The fourth-order valence-electron chi connectivity index (χ4n) is 1.65. The highest BCUT2D eigenvalue weighted by Crippen LogP contribution is 2.29. The largest absolute Gasteiger partial charge is 0.251 e. The predicted molar refractivity (Wildman–Crippen MR) is 86.2 cm³/mol. The monoisotopic (exact) mass is 349 g/mol. The van der Waals surface area contributed by atoms with Crippen molar-refractivity contribution in [3.05, 3.63) is 40.1 Å². The van der Waals surface area contributed by atoms with E-state index in [1.807, 2.05) is 23.0 Å². The molecule has 1 heterocycles. The van der Waals surface area contributed by atoms with Crippen LogP contribution in [0.4, 0.5) is 0 Å². The smallest absolute Gasteiger partial charge is 0.0827 e. The van der Waals surface area contributed by atoms with Crippen molar-refractivity contribution in [3.8, 4) is 0 Å². The summed E-state index contributed by atoms with van der Waals surface area (Å²) < 4.78 is 1.84. The van der Waals surface area contributed by atoms with E-state index in [2.05, 4.69) is 10.3 Å². The van der Waals surface area contributed by atoms with E-state index in [1.54, 1.807) is 17.8 Å². The van der Waals surface area contributed by atoms with Crippen molar-refractivity contribution in [2.75, 3.05) is 11.6 Å². The molecule has 0 spiro atoms. The molecule has 0 aliphatic rings. The van der Waals surface area contributed by atoms with E-state index in [4.69, 9.17) is 34.8 Å². The first kappa shape index (κ1) is 16.0. The van der Waals surface area contributed by atoms with Crippen molar-refractivity contribution in [1.29, 1.82) is 0 Å². The minimum atomic E-state index is 0.649. The Morgan fingerprint density at radius 1 is 1.25 bits per heavy atom. The third-order valence-electron chi connectivity index (χ3n) is 2.62. The van der Waals surface area contributed by atoms with E-state index in [0.29, 0.717) is 10.9 Å². The quantitative estimate of drug-likeness (QED) is 0.542. The topological polar surface area (TPSA) is 30.7 Å². The van der Waals surface area contributed by atoms with Crippen LogP contribution in [0.1, 0.15) is 12.1 Å². The summed E-state index contributed by atoms with van der Waals surface area (Å²) in [4.78, 5) is 0.988. The molecule has 0 unspecified atom stereocenters. The van der Waals surface area contributed by atoms with Gasteiger partial charge in [0.1, 0.15) is 0 Å². The summed E-state index contributed by atoms with van der Waals surface area (Å²) in [5, 5.41) is 9.62. The van der Waals surface area contributed by atoms with Gasteiger partial charge in [0, 0.05) is 27.7 Å². The van der Waals surface area contributed by atoms with Gasteiger partial charge in [0.25, 0.3) is 0 Å². The number of halogens is 3. The van der Waals surface area contributed by atoms with E-state index >= 15 is 0 Å². The number of aryl methyl sites for hydroxylation is 2. The summed E-state index contributed by atoms with van der Waals surface area (Å²) in [5.74, 6) is 1.51. The van der Waals surface area contributed by atoms with Crippen molar-refractivity contribution in [3.63, 3.8) is 0 Å². The first-order valence-electron chi connectivity index (χ1n) is 6.22. The van der Waals surface area contributed by atoms with Crippen molar-refractivity contribution in [2.24, 2.45) is 0 Å². The first-order valence-corrected chi connectivity index (χ1v) is 8.49. The molecule has 0 bridgehead atoms. The summed E-state index contributed by atoms with van der Waals surface area (Å²) in [5.41, 5.74) is 0.983. The van der Waals surface area contributed by atoms with Crippen molar-refractivity contribution in [2.45, 2.75) is 24.3 Å². The summed E-state index contributed by atoms with van der Waals surface area (Å²) >= 11 is 19.4. The zero-order chi connectivity index (χ0) is 14.4. The Labute approximate surface area is 137 Å². The van der Waals surface area contributed by atoms with E-state index in [1.165, 1.54) is 0 Å². The molecule has 108 valence electrons. The van der Waals surface area contributed by atoms with Gasteiger partial charge in [-0.25, -0.2) is 0 Å². The van der Waals surface area contributed by atoms with Crippen molar-refractivity contribution >= 4 is 46.6 Å². The van der Waals surface area contributed by atoms with E-state index in [0.717, 1.165) is 40.8 Å². The molecule has 1 aromatic carbocycles. The van der Waals surface area contributed by atoms with Gasteiger partial charge in [0.15, 0.2) is 0 Å². The van der Waals surface area contributed by atoms with Crippen molar-refractivity contribution in [1.82, 2.24) is 15.0 Å². The maximum absolute atomic E-state index is 6.11. The average Bonchev–Trinajstić information content (AvgIpc) is 2.88. The number of rotatable bonds is 7. The highest BCUT2D eigenvalue weighted by atomic mass is 35.5. The Bertz CT molecular complexity index is 560. The van der Waals surface area contributed by atoms with Crippen LogP contribution in [-0.2, 0) is 13.0 Å². The third-order valence-corrected chi connectivity index (χ3v) is 4.60. The molecule has 0 N–H and O–H groups in total. The number of hydrogen-bond acceptors (Lipinski definition) is 3. The van der Waals surface area contributed by atoms with Gasteiger partial charge in [-0.15, -0.1) is 28.5 Å². The second-order valence-electron chi connectivity index (χ2n) is 4.19. The molecule has 0 aliphatic heterocycles. The van der Waals surface area contributed by atoms with Crippen LogP contribution in [0.5, 0.6) is 0 Å². The Hall–Kier alpha value is -0.420. The molecule has 7 heteroatoms. The molecule has 2 rings (SSSR count). The van der Waals surface area contributed by atoms with Gasteiger partial charge in [0.05, 0.1) is 17.3 Å². The molecule has 2 aromatic rings. The van der Waals surface area contributed by atoms with Gasteiger partial charge < -0.3 is 0 Å². The van der Waals surface area contributed by atoms with Gasteiger partial charge in [-0.05, 0) is 31.0 Å². The molecule has 0 saturated carbocycles. The van der Waals surface area contributed by atoms with Crippen LogP contribution in [0.3, 0.4) is 0 Å². The lowest BCUT2D eigenvalue weighted by Crippen LogP contribution is -2.01. The Kier molecular flexibility index (Phi) is 6.49. The first-order chi connectivity index (χ1) is 9.69. The summed E-state index contributed by atoms with van der Waals surface area (Å²) in [6, 6.07) is 5.47. The Morgan fingerprint density at radius 3 is 2.90 bits per heavy atom. The second-order valence-corrected chi connectivity index (χ2v) is 6.55. The molecule has 0 atom stereocenters. The number of thioether (sulfide) groups is 1. The lowest BCUT2D eigenvalue weighted by molar-refractivity contribution is 0.632. The van der Waals surface area contributed by atoms with Crippen LogP contribution in [-0.4, -0.2) is 26.6 Å². The maximum Gasteiger partial charge on any atom is 0.0827 e. The van der Waals surface area contributed by atoms with E-state index in [9.17, 15) is 0 Å². The molecular weight excluding hydrogens is 337 g/mol. The van der Waals surface area contributed by atoms with Crippen LogP contribution < -0.4 is 0 Å². The number of alkyl halides is 1. The Balaban J connectivity index is 1.83. The van der Waals surface area contributed by atoms with E-state index < -0.39 is 0 Å². The summed E-state index contributed by atoms with van der Waals surface area (Å²) in [6.45, 7) is 0.779. The third kappa shape index (κ3) is 4.85. The zero-order valence-electron chi connectivity index (χ0n) is 10.7. The summed E-state index contributed by atoms with van der Waals surface area (Å²) in [7, 11) is 0. The standard InChI is InChI=1S/C13H14Cl3N3S/c14-5-1-2-11-9-19(18-17-11)6-7-20-13-8-10(15)3-4-12(13)16/h3-4,8-9H,1-2,5-7H2. The molecule has 0 aliphatic carbocycles. The molecule has 0 saturated heterocycles. The minimum Gasteiger partial charge on any atom is -0.251 e. The number of aromatic nitrogens is 3. The van der Waals surface area contributed by atoms with Crippen LogP contribution in [0.25, 0.3) is 0 Å². The van der Waals surface area contributed by atoms with Crippen LogP contribution in [0.15, 0.2) is 29.3 Å². The van der Waals surface area contributed by atoms with Gasteiger partial charge in [-0.1, -0.05) is 28.4 Å². The number of benzene rings is 1. The summed E-state index contributed by atoms with van der Waals surface area (Å²) in [6.07, 6.45) is 3.76. The normalized spacial score (nSPS) is 10.9. The van der Waals surface area contributed by atoms with Crippen LogP contribution >= 0.6 is 46.6 Å². The second kappa shape index (κ2) is 8.13. The molecule has 20 heavy (non-hydrogen) atoms. The SMILES string of the molecule is ClCCCc1cn(CCSc2cc(Cl)ccc2Cl)nn1. The fourth-order valence-corrected chi connectivity index (χ4v) is 3.21. The van der Waals surface area contributed by atoms with Gasteiger partial charge in [-0.3, -0.25) is 4.68 Å². The van der Waals surface area contributed by atoms with Gasteiger partial charge >= 0.3 is 0 Å². The lowest BCUT2D eigenvalue weighted by atomic mass is 10.3. The predicted octanol–water partition coefficient (Wildman–Crippen LogP) is 4.55. The van der Waals surface area contributed by atoms with Crippen LogP contribution in [0, 0.1) is 0 Å². The fraction of sp³-hybridized carbons (Fsp3) is 0.385. The van der Waals surface area contributed by atoms with E-state index in [-0.39, 0.29) is 0 Å². The molecule has 0 amide bonds. The maximum atomic E-state index is 6.11. The van der Waals surface area contributed by atoms with Crippen molar-refractivity contribution < 1.29 is 0 Å². The molecule has 1 aromatic heterocycles. The zero-order valence-corrected chi connectivity index (χ0v) is 13.8. The lowest BCUT2D eigenvalue weighted by Gasteiger charge is -2.04. The highest BCUT2D eigenvalue weighted by Gasteiger charge is 2.04. The number of hydrogen-bond donors (Lipinski definition) is 0. The highest BCUT2D eigenvalue weighted by molar-refractivity contribution is 7.99. The molecule has 3 nitrogen and oxygen atoms in total. The molecule has 0 fully saturated rings. The van der Waals surface area contributed by atoms with Crippen LogP contribution in [0.2, 0.25) is 10.0 Å². The average molecular weight is 351 g/mol. The van der Waals surface area contributed by atoms with Gasteiger partial charge in [0.2, 0.25) is 0 Å². The molecule has 0 radical (unpaired) electrons. The number of nitrogens with zero attached hydrogens (tertiary/aromatic N) is 3. The Morgan fingerprint density at radius 2 is 2.10 bits per heavy atom.